The fourth-order valence-corrected chi connectivity index (χ4v) is 3.78. The first-order chi connectivity index (χ1) is 16.1. The van der Waals surface area contributed by atoms with Gasteiger partial charge >= 0.3 is 0 Å². The number of anilines is 1. The van der Waals surface area contributed by atoms with Crippen LogP contribution in [0.5, 0.6) is 0 Å². The lowest BCUT2D eigenvalue weighted by Gasteiger charge is -2.13. The molecule has 0 amide bonds. The average molecular weight is 445 g/mol. The highest BCUT2D eigenvalue weighted by atomic mass is 16.5. The van der Waals surface area contributed by atoms with Crippen LogP contribution in [-0.2, 0) is 11.3 Å². The smallest absolute Gasteiger partial charge is 0.270 e. The largest absolute Gasteiger partial charge is 0.414 e. The molecule has 5 rings (SSSR count). The summed E-state index contributed by atoms with van der Waals surface area (Å²) in [5, 5.41) is 11.4. The summed E-state index contributed by atoms with van der Waals surface area (Å²) in [5.41, 5.74) is 9.50. The van der Waals surface area contributed by atoms with Crippen LogP contribution in [0.3, 0.4) is 0 Å². The minimum atomic E-state index is -0.0832. The van der Waals surface area contributed by atoms with Crippen LogP contribution in [0.1, 0.15) is 18.0 Å². The Hall–Kier alpha value is -3.89. The Morgan fingerprint density at radius 3 is 2.67 bits per heavy atom. The second-order valence-electron chi connectivity index (χ2n) is 7.81. The van der Waals surface area contributed by atoms with E-state index >= 15 is 0 Å². The molecular formula is C23H23N7O3. The first kappa shape index (κ1) is 21.0. The third kappa shape index (κ3) is 4.26. The summed E-state index contributed by atoms with van der Waals surface area (Å²) in [6.07, 6.45) is 4.13. The van der Waals surface area contributed by atoms with Crippen LogP contribution in [0.15, 0.2) is 58.0 Å². The predicted octanol–water partition coefficient (Wildman–Crippen LogP) is 2.29. The fraction of sp³-hybridized carbons (Fsp3) is 0.261. The minimum absolute atomic E-state index is 0.0108. The van der Waals surface area contributed by atoms with Crippen LogP contribution in [0.2, 0.25) is 0 Å². The number of pyridine rings is 1. The number of nitrogens with two attached hydrogens (primary N) is 1. The van der Waals surface area contributed by atoms with Gasteiger partial charge < -0.3 is 24.8 Å². The lowest BCUT2D eigenvalue weighted by Crippen LogP contribution is -2.23. The molecule has 1 aliphatic heterocycles. The molecule has 3 aromatic heterocycles. The van der Waals surface area contributed by atoms with Gasteiger partial charge in [-0.3, -0.25) is 4.79 Å². The number of hydrogen-bond donors (Lipinski definition) is 2. The maximum Gasteiger partial charge on any atom is 0.270 e. The number of nitrogens with one attached hydrogen (secondary N) is 1. The zero-order valence-electron chi connectivity index (χ0n) is 18.1. The van der Waals surface area contributed by atoms with E-state index in [1.54, 1.807) is 23.0 Å². The van der Waals surface area contributed by atoms with Crippen molar-refractivity contribution in [1.29, 1.82) is 0 Å². The maximum atomic E-state index is 12.3. The molecular weight excluding hydrogens is 422 g/mol. The van der Waals surface area contributed by atoms with Gasteiger partial charge in [0.25, 0.3) is 11.4 Å². The van der Waals surface area contributed by atoms with Crippen LogP contribution in [0.4, 0.5) is 5.82 Å². The molecule has 1 fully saturated rings. The molecule has 1 atom stereocenters. The Morgan fingerprint density at radius 2 is 1.91 bits per heavy atom. The van der Waals surface area contributed by atoms with E-state index in [0.717, 1.165) is 29.7 Å². The van der Waals surface area contributed by atoms with Crippen molar-refractivity contribution in [2.75, 3.05) is 26.0 Å². The summed E-state index contributed by atoms with van der Waals surface area (Å²) < 4.78 is 13.0. The van der Waals surface area contributed by atoms with Crippen molar-refractivity contribution in [3.05, 3.63) is 64.7 Å². The van der Waals surface area contributed by atoms with Crippen molar-refractivity contribution in [2.45, 2.75) is 19.0 Å². The molecule has 3 N–H and O–H groups in total. The van der Waals surface area contributed by atoms with Gasteiger partial charge in [0, 0.05) is 36.5 Å². The molecule has 33 heavy (non-hydrogen) atoms. The molecule has 0 spiro atoms. The van der Waals surface area contributed by atoms with E-state index in [-0.39, 0.29) is 23.3 Å². The molecule has 168 valence electrons. The molecule has 4 heterocycles. The minimum Gasteiger partial charge on any atom is -0.414 e. The second-order valence-corrected chi connectivity index (χ2v) is 7.81. The molecule has 10 nitrogen and oxygen atoms in total. The molecule has 0 bridgehead atoms. The standard InChI is InChI=1S/C23H23N7O3/c1-25-10-14-2-4-15(5-3-14)22-28-29-23(33-22)20-21(24)26-11-18(27-20)16-6-7-19(31)30(12-16)17-8-9-32-13-17/h2-7,11-12,17,25H,8-10,13H2,1H3,(H2,24,26). The zero-order chi connectivity index (χ0) is 22.8. The van der Waals surface area contributed by atoms with Gasteiger partial charge in [0.15, 0.2) is 11.5 Å². The van der Waals surface area contributed by atoms with Crippen LogP contribution in [-0.4, -0.2) is 45.0 Å². The lowest BCUT2D eigenvalue weighted by atomic mass is 10.1. The van der Waals surface area contributed by atoms with Crippen molar-refractivity contribution < 1.29 is 9.15 Å². The maximum absolute atomic E-state index is 12.3. The SMILES string of the molecule is CNCc1ccc(-c2nnc(-c3nc(-c4ccc(=O)n(C5CCOC5)c4)cnc3N)o2)cc1. The monoisotopic (exact) mass is 445 g/mol. The van der Waals surface area contributed by atoms with Crippen LogP contribution in [0.25, 0.3) is 34.3 Å². The third-order valence-corrected chi connectivity index (χ3v) is 5.54. The topological polar surface area (TPSA) is 134 Å². The van der Waals surface area contributed by atoms with Crippen molar-refractivity contribution in [2.24, 2.45) is 0 Å². The molecule has 1 aromatic carbocycles. The van der Waals surface area contributed by atoms with Gasteiger partial charge in [0.05, 0.1) is 24.5 Å². The van der Waals surface area contributed by atoms with Crippen molar-refractivity contribution >= 4 is 5.82 Å². The number of nitrogen functional groups attached to an aromatic ring is 1. The summed E-state index contributed by atoms with van der Waals surface area (Å²) >= 11 is 0. The lowest BCUT2D eigenvalue weighted by molar-refractivity contribution is 0.186. The quantitative estimate of drug-likeness (QED) is 0.458. The van der Waals surface area contributed by atoms with Crippen LogP contribution < -0.4 is 16.6 Å². The number of hydrogen-bond acceptors (Lipinski definition) is 9. The molecule has 10 heteroatoms. The highest BCUT2D eigenvalue weighted by Gasteiger charge is 2.20. The average Bonchev–Trinajstić information content (AvgIpc) is 3.53. The molecule has 0 saturated carbocycles. The Labute approximate surface area is 189 Å². The number of rotatable bonds is 6. The summed E-state index contributed by atoms with van der Waals surface area (Å²) in [6.45, 7) is 1.93. The van der Waals surface area contributed by atoms with E-state index in [9.17, 15) is 4.79 Å². The highest BCUT2D eigenvalue weighted by molar-refractivity contribution is 5.68. The van der Waals surface area contributed by atoms with E-state index in [1.165, 1.54) is 6.07 Å². The van der Waals surface area contributed by atoms with Crippen LogP contribution >= 0.6 is 0 Å². The summed E-state index contributed by atoms with van der Waals surface area (Å²) in [5.74, 6) is 0.715. The van der Waals surface area contributed by atoms with Crippen LogP contribution in [0, 0.1) is 0 Å². The van der Waals surface area contributed by atoms with E-state index in [4.69, 9.17) is 14.9 Å². The fourth-order valence-electron chi connectivity index (χ4n) is 3.78. The normalized spacial score (nSPS) is 15.7. The van der Waals surface area contributed by atoms with E-state index in [1.807, 2.05) is 31.3 Å². The van der Waals surface area contributed by atoms with Crippen molar-refractivity contribution in [3.8, 4) is 34.3 Å². The molecule has 0 aliphatic carbocycles. The Balaban J connectivity index is 1.46. The number of ether oxygens (including phenoxy) is 1. The van der Waals surface area contributed by atoms with Gasteiger partial charge in [-0.1, -0.05) is 12.1 Å². The molecule has 1 aliphatic rings. The van der Waals surface area contributed by atoms with E-state index in [2.05, 4.69) is 25.5 Å². The predicted molar refractivity (Wildman–Crippen MR) is 122 cm³/mol. The zero-order valence-corrected chi connectivity index (χ0v) is 18.1. The van der Waals surface area contributed by atoms with Crippen molar-refractivity contribution in [1.82, 2.24) is 30.0 Å². The summed E-state index contributed by atoms with van der Waals surface area (Å²) in [6, 6.07) is 11.1. The number of aromatic nitrogens is 5. The van der Waals surface area contributed by atoms with Gasteiger partial charge in [0.2, 0.25) is 5.89 Å². The Morgan fingerprint density at radius 1 is 1.12 bits per heavy atom. The number of benzene rings is 1. The van der Waals surface area contributed by atoms with Gasteiger partial charge in [-0.2, -0.15) is 0 Å². The summed E-state index contributed by atoms with van der Waals surface area (Å²) in [4.78, 5) is 21.2. The van der Waals surface area contributed by atoms with Gasteiger partial charge in [-0.15, -0.1) is 10.2 Å². The number of nitrogens with zero attached hydrogens (tertiary/aromatic N) is 5. The van der Waals surface area contributed by atoms with Crippen molar-refractivity contribution in [3.63, 3.8) is 0 Å². The Bertz CT molecular complexity index is 1320. The summed E-state index contributed by atoms with van der Waals surface area (Å²) in [7, 11) is 1.90. The first-order valence-electron chi connectivity index (χ1n) is 10.6. The molecule has 1 unspecified atom stereocenters. The molecule has 0 radical (unpaired) electrons. The van der Waals surface area contributed by atoms with E-state index < -0.39 is 0 Å². The van der Waals surface area contributed by atoms with Gasteiger partial charge in [-0.25, -0.2) is 9.97 Å². The van der Waals surface area contributed by atoms with Gasteiger partial charge in [-0.05, 0) is 37.2 Å². The van der Waals surface area contributed by atoms with E-state index in [0.29, 0.717) is 30.5 Å². The third-order valence-electron chi connectivity index (χ3n) is 5.54. The molecule has 1 saturated heterocycles. The van der Waals surface area contributed by atoms with Gasteiger partial charge in [0.1, 0.15) is 0 Å². The first-order valence-corrected chi connectivity index (χ1v) is 10.6. The second kappa shape index (κ2) is 8.93. The molecule has 4 aromatic rings. The Kier molecular flexibility index (Phi) is 5.68. The highest BCUT2D eigenvalue weighted by Crippen LogP contribution is 2.28.